The van der Waals surface area contributed by atoms with Crippen molar-refractivity contribution in [2.24, 2.45) is 5.41 Å². The number of thiophene rings is 1. The lowest BCUT2D eigenvalue weighted by Gasteiger charge is -2.69. The minimum Gasteiger partial charge on any atom is -0.490 e. The van der Waals surface area contributed by atoms with Crippen LogP contribution in [0, 0.1) is 17.0 Å². The summed E-state index contributed by atoms with van der Waals surface area (Å²) in [6, 6.07) is 6.36. The molecular formula is C30H31F2N5O3S. The van der Waals surface area contributed by atoms with Crippen LogP contribution in [0.4, 0.5) is 8.78 Å². The van der Waals surface area contributed by atoms with E-state index in [0.717, 1.165) is 46.8 Å². The highest BCUT2D eigenvalue weighted by Crippen LogP contribution is 2.74. The number of hydrogen-bond donors (Lipinski definition) is 2. The summed E-state index contributed by atoms with van der Waals surface area (Å²) in [6.45, 7) is 3.87. The number of pyridine rings is 1. The fourth-order valence-corrected chi connectivity index (χ4v) is 7.96. The molecule has 1 aliphatic heterocycles. The lowest BCUT2D eigenvalue weighted by molar-refractivity contribution is -0.176. The first-order valence-electron chi connectivity index (χ1n) is 13.8. The number of benzene rings is 1. The minimum atomic E-state index is -0.730. The van der Waals surface area contributed by atoms with Gasteiger partial charge in [-0.1, -0.05) is 0 Å². The van der Waals surface area contributed by atoms with Crippen LogP contribution in [0.3, 0.4) is 0 Å². The highest BCUT2D eigenvalue weighted by Gasteiger charge is 2.72. The molecule has 3 fully saturated rings. The molecule has 2 bridgehead atoms. The molecule has 0 saturated heterocycles. The highest BCUT2D eigenvalue weighted by atomic mass is 32.1. The van der Waals surface area contributed by atoms with Crippen molar-refractivity contribution in [2.75, 3.05) is 27.4 Å². The van der Waals surface area contributed by atoms with E-state index in [1.54, 1.807) is 14.2 Å². The second kappa shape index (κ2) is 9.57. The third kappa shape index (κ3) is 4.00. The van der Waals surface area contributed by atoms with Crippen LogP contribution in [0.15, 0.2) is 29.6 Å². The second-order valence-electron chi connectivity index (χ2n) is 11.6. The molecule has 1 aromatic carbocycles. The van der Waals surface area contributed by atoms with Gasteiger partial charge in [0, 0.05) is 59.9 Å². The Bertz CT molecular complexity index is 1680. The molecule has 4 heterocycles. The molecule has 4 aliphatic rings. The largest absolute Gasteiger partial charge is 0.490 e. The summed E-state index contributed by atoms with van der Waals surface area (Å²) in [7, 11) is 3.22. The molecule has 3 aromatic heterocycles. The van der Waals surface area contributed by atoms with Crippen LogP contribution in [0.5, 0.6) is 5.75 Å². The van der Waals surface area contributed by atoms with E-state index < -0.39 is 11.6 Å². The van der Waals surface area contributed by atoms with Gasteiger partial charge < -0.3 is 20.1 Å². The molecule has 0 radical (unpaired) electrons. The van der Waals surface area contributed by atoms with Gasteiger partial charge in [-0.05, 0) is 43.7 Å². The predicted octanol–water partition coefficient (Wildman–Crippen LogP) is 4.79. The molecule has 1 atom stereocenters. The first-order valence-corrected chi connectivity index (χ1v) is 14.7. The lowest BCUT2D eigenvalue weighted by atomic mass is 9.33. The minimum absolute atomic E-state index is 0.0763. The standard InChI is InChI=1S/C30H31F2N5O3S/c1-16-12-37-18(11-34-16)10-21(36-37)25-24(23-20(32)8-17(31)9-22(23)40-6-5-39-3)26-19(4-7-41-26)27(35-25)29-13-30(14-29,15-29)28(38)33-2/h4,7-10,16,34H,5-6,11-15H2,1-3H3,(H,33,38)/t16-,29?,30?/m1/s1. The number of ether oxygens (including phenoxy) is 2. The van der Waals surface area contributed by atoms with Crippen molar-refractivity contribution < 1.29 is 23.0 Å². The Hall–Kier alpha value is -3.41. The van der Waals surface area contributed by atoms with Crippen LogP contribution in [-0.2, 0) is 28.0 Å². The van der Waals surface area contributed by atoms with Crippen LogP contribution in [0.2, 0.25) is 0 Å². The van der Waals surface area contributed by atoms with Gasteiger partial charge in [0.2, 0.25) is 5.91 Å². The zero-order valence-corrected chi connectivity index (χ0v) is 24.0. The van der Waals surface area contributed by atoms with Crippen molar-refractivity contribution >= 4 is 27.3 Å². The molecule has 4 aromatic rings. The summed E-state index contributed by atoms with van der Waals surface area (Å²) in [6.07, 6.45) is 2.19. The highest BCUT2D eigenvalue weighted by molar-refractivity contribution is 7.17. The zero-order valence-electron chi connectivity index (χ0n) is 23.1. The normalized spacial score (nSPS) is 24.5. The first kappa shape index (κ1) is 26.5. The second-order valence-corrected chi connectivity index (χ2v) is 12.5. The molecule has 214 valence electrons. The fourth-order valence-electron chi connectivity index (χ4n) is 7.01. The molecule has 11 heteroatoms. The van der Waals surface area contributed by atoms with E-state index >= 15 is 4.39 Å². The van der Waals surface area contributed by atoms with E-state index in [4.69, 9.17) is 19.6 Å². The van der Waals surface area contributed by atoms with Crippen molar-refractivity contribution in [1.82, 2.24) is 25.4 Å². The summed E-state index contributed by atoms with van der Waals surface area (Å²) >= 11 is 1.49. The van der Waals surface area contributed by atoms with E-state index in [2.05, 4.69) is 17.6 Å². The number of carbonyl (C=O) groups is 1. The fraction of sp³-hybridized carbons (Fsp3) is 0.433. The van der Waals surface area contributed by atoms with Gasteiger partial charge in [-0.3, -0.25) is 9.48 Å². The molecule has 8 rings (SSSR count). The molecule has 0 unspecified atom stereocenters. The van der Waals surface area contributed by atoms with Crippen LogP contribution >= 0.6 is 11.3 Å². The molecule has 1 amide bonds. The number of nitrogens with zero attached hydrogens (tertiary/aromatic N) is 3. The Morgan fingerprint density at radius 3 is 2.78 bits per heavy atom. The number of fused-ring (bicyclic) bond motifs is 2. The first-order chi connectivity index (χ1) is 19.8. The van der Waals surface area contributed by atoms with Crippen LogP contribution < -0.4 is 15.4 Å². The van der Waals surface area contributed by atoms with E-state index in [9.17, 15) is 9.18 Å². The summed E-state index contributed by atoms with van der Waals surface area (Å²) in [5.74, 6) is -1.29. The number of nitrogens with one attached hydrogen (secondary N) is 2. The van der Waals surface area contributed by atoms with Gasteiger partial charge in [0.05, 0.1) is 35.5 Å². The third-order valence-corrected chi connectivity index (χ3v) is 9.78. The van der Waals surface area contributed by atoms with Gasteiger partial charge in [0.1, 0.15) is 35.4 Å². The predicted molar refractivity (Wildman–Crippen MR) is 152 cm³/mol. The van der Waals surface area contributed by atoms with E-state index in [0.29, 0.717) is 30.0 Å². The average molecular weight is 580 g/mol. The Morgan fingerprint density at radius 1 is 1.22 bits per heavy atom. The van der Waals surface area contributed by atoms with Gasteiger partial charge in [0.15, 0.2) is 0 Å². The lowest BCUT2D eigenvalue weighted by Crippen LogP contribution is -2.70. The van der Waals surface area contributed by atoms with Crippen LogP contribution in [-0.4, -0.2) is 54.1 Å². The summed E-state index contributed by atoms with van der Waals surface area (Å²) in [4.78, 5) is 17.8. The Kier molecular flexibility index (Phi) is 6.18. The number of aromatic nitrogens is 3. The quantitative estimate of drug-likeness (QED) is 0.292. The monoisotopic (exact) mass is 579 g/mol. The Labute approximate surface area is 240 Å². The molecule has 0 spiro atoms. The van der Waals surface area contributed by atoms with Gasteiger partial charge in [0.25, 0.3) is 0 Å². The van der Waals surface area contributed by atoms with Gasteiger partial charge in [-0.15, -0.1) is 11.3 Å². The van der Waals surface area contributed by atoms with E-state index in [1.165, 1.54) is 17.4 Å². The number of amides is 1. The zero-order chi connectivity index (χ0) is 28.5. The average Bonchev–Trinajstić information content (AvgIpc) is 3.54. The maximum Gasteiger partial charge on any atom is 0.226 e. The molecule has 41 heavy (non-hydrogen) atoms. The number of methoxy groups -OCH3 is 1. The van der Waals surface area contributed by atoms with Crippen LogP contribution in [0.25, 0.3) is 32.6 Å². The maximum absolute atomic E-state index is 15.9. The van der Waals surface area contributed by atoms with Crippen molar-refractivity contribution in [3.8, 4) is 28.3 Å². The van der Waals surface area contributed by atoms with Crippen LogP contribution in [0.1, 0.15) is 37.6 Å². The number of halogens is 2. The van der Waals surface area contributed by atoms with Crippen molar-refractivity contribution in [3.05, 3.63) is 52.7 Å². The van der Waals surface area contributed by atoms with Gasteiger partial charge >= 0.3 is 0 Å². The maximum atomic E-state index is 15.9. The van der Waals surface area contributed by atoms with Gasteiger partial charge in [-0.25, -0.2) is 13.8 Å². The number of rotatable bonds is 8. The summed E-state index contributed by atoms with van der Waals surface area (Å²) in [5, 5.41) is 14.1. The van der Waals surface area contributed by atoms with E-state index in [1.807, 2.05) is 22.2 Å². The third-order valence-electron chi connectivity index (χ3n) is 8.85. The topological polar surface area (TPSA) is 90.3 Å². The molecular weight excluding hydrogens is 548 g/mol. The smallest absolute Gasteiger partial charge is 0.226 e. The number of hydrogen-bond acceptors (Lipinski definition) is 7. The SMILES string of the molecule is CNC(=O)C12CC(c3nc(-c4cc5n(n4)C[C@@H](C)NC5)c(-c4c(F)cc(F)cc4OCCOC)c4sccc34)(C1)C2. The van der Waals surface area contributed by atoms with Crippen molar-refractivity contribution in [1.29, 1.82) is 0 Å². The van der Waals surface area contributed by atoms with Gasteiger partial charge in [-0.2, -0.15) is 5.10 Å². The summed E-state index contributed by atoms with van der Waals surface area (Å²) < 4.78 is 44.2. The van der Waals surface area contributed by atoms with Crippen molar-refractivity contribution in [2.45, 2.75) is 50.7 Å². The summed E-state index contributed by atoms with van der Waals surface area (Å²) in [5.41, 5.74) is 3.23. The molecule has 2 N–H and O–H groups in total. The Balaban J connectivity index is 1.45. The number of carbonyl (C=O) groups excluding carboxylic acids is 1. The van der Waals surface area contributed by atoms with Crippen molar-refractivity contribution in [3.63, 3.8) is 0 Å². The van der Waals surface area contributed by atoms with E-state index in [-0.39, 0.29) is 47.3 Å². The molecule has 3 aliphatic carbocycles. The Morgan fingerprint density at radius 2 is 2.02 bits per heavy atom. The molecule has 3 saturated carbocycles. The molecule has 8 nitrogen and oxygen atoms in total.